The van der Waals surface area contributed by atoms with E-state index in [0.29, 0.717) is 18.4 Å². The Bertz CT molecular complexity index is 868. The minimum Gasteiger partial charge on any atom is -0.496 e. The van der Waals surface area contributed by atoms with E-state index in [2.05, 4.69) is 10.6 Å². The van der Waals surface area contributed by atoms with Gasteiger partial charge in [0.2, 0.25) is 5.91 Å². The van der Waals surface area contributed by atoms with Crippen molar-refractivity contribution in [2.24, 2.45) is 0 Å². The third-order valence-corrected chi connectivity index (χ3v) is 5.28. The van der Waals surface area contributed by atoms with Gasteiger partial charge in [0, 0.05) is 6.54 Å². The maximum absolute atomic E-state index is 13.6. The topological polar surface area (TPSA) is 87.7 Å². The summed E-state index contributed by atoms with van der Waals surface area (Å²) in [5.41, 5.74) is 0.207. The van der Waals surface area contributed by atoms with Crippen molar-refractivity contribution in [1.29, 1.82) is 0 Å². The Balaban J connectivity index is 1.58. The maximum atomic E-state index is 13.6. The highest BCUT2D eigenvalue weighted by Crippen LogP contribution is 2.32. The number of rotatable bonds is 8. The number of methoxy groups -OCH3 is 1. The number of halogens is 1. The number of aliphatic hydroxyl groups excluding tert-OH is 1. The molecule has 2 amide bonds. The minimum atomic E-state index is -0.889. The first kappa shape index (κ1) is 20.8. The van der Waals surface area contributed by atoms with Crippen LogP contribution in [0, 0.1) is 5.82 Å². The third-order valence-electron chi connectivity index (χ3n) is 5.28. The molecule has 0 saturated heterocycles. The van der Waals surface area contributed by atoms with Crippen molar-refractivity contribution in [3.63, 3.8) is 0 Å². The van der Waals surface area contributed by atoms with E-state index in [1.54, 1.807) is 24.3 Å². The van der Waals surface area contributed by atoms with E-state index in [1.165, 1.54) is 19.2 Å². The summed E-state index contributed by atoms with van der Waals surface area (Å²) < 4.78 is 18.7. The molecule has 3 rings (SSSR count). The molecule has 2 aromatic rings. The number of carbonyl (C=O) groups excluding carboxylic acids is 2. The van der Waals surface area contributed by atoms with Crippen molar-refractivity contribution in [3.05, 3.63) is 65.5 Å². The summed E-state index contributed by atoms with van der Waals surface area (Å²) in [5.74, 6) is -0.986. The molecule has 29 heavy (non-hydrogen) atoms. The van der Waals surface area contributed by atoms with Gasteiger partial charge in [0.1, 0.15) is 11.6 Å². The Morgan fingerprint density at radius 3 is 2.55 bits per heavy atom. The molecule has 0 aliphatic heterocycles. The second-order valence-electron chi connectivity index (χ2n) is 7.34. The van der Waals surface area contributed by atoms with Gasteiger partial charge in [0.25, 0.3) is 5.91 Å². The van der Waals surface area contributed by atoms with Gasteiger partial charge in [-0.05, 0) is 43.0 Å². The Morgan fingerprint density at radius 1 is 1.21 bits per heavy atom. The minimum absolute atomic E-state index is 0.0637. The van der Waals surface area contributed by atoms with Crippen LogP contribution in [0.3, 0.4) is 0 Å². The van der Waals surface area contributed by atoms with E-state index < -0.39 is 23.4 Å². The Morgan fingerprint density at radius 2 is 1.93 bits per heavy atom. The van der Waals surface area contributed by atoms with Crippen LogP contribution in [0.1, 0.15) is 47.7 Å². The number of carbonyl (C=O) groups is 2. The smallest absolute Gasteiger partial charge is 0.255 e. The Labute approximate surface area is 169 Å². The molecule has 0 aromatic heterocycles. The Hall–Kier alpha value is -2.93. The number of amides is 2. The highest BCUT2D eigenvalue weighted by atomic mass is 19.1. The van der Waals surface area contributed by atoms with Gasteiger partial charge in [0.05, 0.1) is 30.7 Å². The molecule has 1 saturated carbocycles. The fourth-order valence-corrected chi connectivity index (χ4v) is 3.42. The van der Waals surface area contributed by atoms with Crippen molar-refractivity contribution in [2.45, 2.75) is 37.3 Å². The lowest BCUT2D eigenvalue weighted by atomic mass is 9.76. The number of aliphatic hydroxyl groups is 1. The molecule has 1 fully saturated rings. The maximum Gasteiger partial charge on any atom is 0.255 e. The fraction of sp³-hybridized carbons (Fsp3) is 0.364. The SMILES string of the molecule is COc1ccc(F)cc1C(=O)NC1(CNC(=O)CC(O)c2ccccc2)CCC1. The highest BCUT2D eigenvalue weighted by Gasteiger charge is 2.39. The first-order chi connectivity index (χ1) is 13.9. The summed E-state index contributed by atoms with van der Waals surface area (Å²) in [7, 11) is 1.42. The molecular formula is C22H25FN2O4. The van der Waals surface area contributed by atoms with E-state index >= 15 is 0 Å². The molecular weight excluding hydrogens is 375 g/mol. The van der Waals surface area contributed by atoms with Crippen LogP contribution in [0.5, 0.6) is 5.75 Å². The first-order valence-electron chi connectivity index (χ1n) is 9.58. The number of hydrogen-bond donors (Lipinski definition) is 3. The lowest BCUT2D eigenvalue weighted by Crippen LogP contribution is -2.59. The van der Waals surface area contributed by atoms with Gasteiger partial charge < -0.3 is 20.5 Å². The molecule has 3 N–H and O–H groups in total. The Kier molecular flexibility index (Phi) is 6.49. The van der Waals surface area contributed by atoms with Crippen molar-refractivity contribution in [1.82, 2.24) is 10.6 Å². The second kappa shape index (κ2) is 9.05. The van der Waals surface area contributed by atoms with Crippen molar-refractivity contribution >= 4 is 11.8 Å². The summed E-state index contributed by atoms with van der Waals surface area (Å²) in [6.45, 7) is 0.247. The summed E-state index contributed by atoms with van der Waals surface area (Å²) in [6, 6.07) is 12.7. The molecule has 6 nitrogen and oxygen atoms in total. The van der Waals surface area contributed by atoms with Crippen LogP contribution in [0.15, 0.2) is 48.5 Å². The zero-order valence-corrected chi connectivity index (χ0v) is 16.3. The largest absolute Gasteiger partial charge is 0.496 e. The molecule has 0 radical (unpaired) electrons. The normalized spacial score (nSPS) is 15.7. The van der Waals surface area contributed by atoms with Crippen LogP contribution in [0.25, 0.3) is 0 Å². The predicted octanol–water partition coefficient (Wildman–Crippen LogP) is 2.73. The third kappa shape index (κ3) is 5.12. The van der Waals surface area contributed by atoms with Crippen molar-refractivity contribution in [3.8, 4) is 5.75 Å². The first-order valence-corrected chi connectivity index (χ1v) is 9.58. The van der Waals surface area contributed by atoms with Crippen LogP contribution in [-0.2, 0) is 4.79 Å². The van der Waals surface area contributed by atoms with Gasteiger partial charge >= 0.3 is 0 Å². The van der Waals surface area contributed by atoms with Crippen LogP contribution in [0.4, 0.5) is 4.39 Å². The summed E-state index contributed by atoms with van der Waals surface area (Å²) >= 11 is 0. The molecule has 0 heterocycles. The standard InChI is InChI=1S/C22H25FN2O4/c1-29-19-9-8-16(23)12-17(19)21(28)25-22(10-5-11-22)14-24-20(27)13-18(26)15-6-3-2-4-7-15/h2-4,6-9,12,18,26H,5,10-11,13-14H2,1H3,(H,24,27)(H,25,28). The van der Waals surface area contributed by atoms with E-state index in [9.17, 15) is 19.1 Å². The average Bonchev–Trinajstić information content (AvgIpc) is 2.70. The summed E-state index contributed by atoms with van der Waals surface area (Å²) in [5, 5.41) is 15.9. The fourth-order valence-electron chi connectivity index (χ4n) is 3.42. The van der Waals surface area contributed by atoms with E-state index in [-0.39, 0.29) is 30.2 Å². The number of nitrogens with one attached hydrogen (secondary N) is 2. The molecule has 7 heteroatoms. The van der Waals surface area contributed by atoms with Crippen molar-refractivity contribution < 1.29 is 23.8 Å². The number of hydrogen-bond acceptors (Lipinski definition) is 4. The number of ether oxygens (including phenoxy) is 1. The van der Waals surface area contributed by atoms with Crippen LogP contribution >= 0.6 is 0 Å². The van der Waals surface area contributed by atoms with Crippen LogP contribution in [0.2, 0.25) is 0 Å². The molecule has 1 unspecified atom stereocenters. The molecule has 0 bridgehead atoms. The monoisotopic (exact) mass is 400 g/mol. The predicted molar refractivity (Wildman–Crippen MR) is 106 cm³/mol. The van der Waals surface area contributed by atoms with Gasteiger partial charge in [0.15, 0.2) is 0 Å². The molecule has 0 spiro atoms. The molecule has 2 aromatic carbocycles. The number of benzene rings is 2. The zero-order chi connectivity index (χ0) is 20.9. The quantitative estimate of drug-likeness (QED) is 0.636. The van der Waals surface area contributed by atoms with Crippen molar-refractivity contribution in [2.75, 3.05) is 13.7 Å². The lowest BCUT2D eigenvalue weighted by Gasteiger charge is -2.42. The van der Waals surface area contributed by atoms with Crippen LogP contribution in [-0.4, -0.2) is 36.1 Å². The molecule has 154 valence electrons. The van der Waals surface area contributed by atoms with Gasteiger partial charge in [-0.25, -0.2) is 4.39 Å². The van der Waals surface area contributed by atoms with E-state index in [1.807, 2.05) is 6.07 Å². The van der Waals surface area contributed by atoms with Crippen LogP contribution < -0.4 is 15.4 Å². The van der Waals surface area contributed by atoms with Gasteiger partial charge in [-0.2, -0.15) is 0 Å². The average molecular weight is 400 g/mol. The molecule has 1 aliphatic rings. The van der Waals surface area contributed by atoms with E-state index in [4.69, 9.17) is 4.74 Å². The zero-order valence-electron chi connectivity index (χ0n) is 16.3. The van der Waals surface area contributed by atoms with Gasteiger partial charge in [-0.15, -0.1) is 0 Å². The molecule has 1 aliphatic carbocycles. The summed E-state index contributed by atoms with van der Waals surface area (Å²) in [4.78, 5) is 24.9. The van der Waals surface area contributed by atoms with Gasteiger partial charge in [-0.3, -0.25) is 9.59 Å². The van der Waals surface area contributed by atoms with Gasteiger partial charge in [-0.1, -0.05) is 30.3 Å². The van der Waals surface area contributed by atoms with E-state index in [0.717, 1.165) is 12.5 Å². The molecule has 1 atom stereocenters. The second-order valence-corrected chi connectivity index (χ2v) is 7.34. The highest BCUT2D eigenvalue weighted by molar-refractivity contribution is 5.97. The summed E-state index contributed by atoms with van der Waals surface area (Å²) in [6.07, 6.45) is 1.38. The lowest BCUT2D eigenvalue weighted by molar-refractivity contribution is -0.123.